The van der Waals surface area contributed by atoms with Crippen LogP contribution in [0.2, 0.25) is 0 Å². The van der Waals surface area contributed by atoms with E-state index in [9.17, 15) is 5.11 Å². The zero-order valence-electron chi connectivity index (χ0n) is 10.9. The van der Waals surface area contributed by atoms with Crippen LogP contribution in [0.4, 0.5) is 0 Å². The molecule has 1 aromatic rings. The van der Waals surface area contributed by atoms with E-state index in [4.69, 9.17) is 14.9 Å². The molecular formula is C16H13NO3-2. The molecule has 0 aromatic heterocycles. The van der Waals surface area contributed by atoms with Gasteiger partial charge in [0.2, 0.25) is 0 Å². The van der Waals surface area contributed by atoms with Crippen LogP contribution in [-0.4, -0.2) is 19.1 Å². The van der Waals surface area contributed by atoms with E-state index in [-0.39, 0.29) is 5.95 Å². The van der Waals surface area contributed by atoms with E-state index < -0.39 is 0 Å². The van der Waals surface area contributed by atoms with Crippen molar-refractivity contribution in [3.63, 3.8) is 0 Å². The molecule has 0 aliphatic carbocycles. The molecule has 0 N–H and O–H groups in total. The van der Waals surface area contributed by atoms with Crippen LogP contribution in [0.25, 0.3) is 16.9 Å². The minimum atomic E-state index is -0.350. The molecule has 0 unspecified atom stereocenters. The maximum absolute atomic E-state index is 12.0. The molecule has 3 rings (SSSR count). The highest BCUT2D eigenvalue weighted by Gasteiger charge is 2.13. The predicted molar refractivity (Wildman–Crippen MR) is 73.8 cm³/mol. The Kier molecular flexibility index (Phi) is 3.42. The molecule has 0 spiro atoms. The van der Waals surface area contributed by atoms with Crippen LogP contribution in [0.5, 0.6) is 0 Å². The van der Waals surface area contributed by atoms with E-state index >= 15 is 0 Å². The van der Waals surface area contributed by atoms with Crippen molar-refractivity contribution >= 4 is 17.4 Å². The summed E-state index contributed by atoms with van der Waals surface area (Å²) in [7, 11) is 0. The third-order valence-corrected chi connectivity index (χ3v) is 3.37. The predicted octanol–water partition coefficient (Wildman–Crippen LogP) is 0.131. The Morgan fingerprint density at radius 2 is 2.20 bits per heavy atom. The Hall–Kier alpha value is -2.29. The number of hydrogen-bond donors (Lipinski definition) is 0. The number of fused-ring (bicyclic) bond motifs is 2. The smallest absolute Gasteiger partial charge is 0.0650 e. The highest BCUT2D eigenvalue weighted by atomic mass is 16.6. The SMILES string of the molecule is [N-]=C=c1ccc2c(c1)C1=C(CCCOCC=C1)OC=2[O-]. The van der Waals surface area contributed by atoms with E-state index in [1.165, 1.54) is 0 Å². The summed E-state index contributed by atoms with van der Waals surface area (Å²) in [5.74, 6) is 2.42. The number of nitrogens with zero attached hydrogens (tertiary/aromatic N) is 1. The van der Waals surface area contributed by atoms with Crippen molar-refractivity contribution in [2.24, 2.45) is 0 Å². The van der Waals surface area contributed by atoms with E-state index in [1.54, 1.807) is 18.2 Å². The average Bonchev–Trinajstić information content (AvgIpc) is 2.59. The van der Waals surface area contributed by atoms with E-state index in [2.05, 4.69) is 5.87 Å². The summed E-state index contributed by atoms with van der Waals surface area (Å²) in [6, 6.07) is 5.03. The summed E-state index contributed by atoms with van der Waals surface area (Å²) in [6.45, 7) is 1.18. The van der Waals surface area contributed by atoms with E-state index in [1.807, 2.05) is 12.2 Å². The van der Waals surface area contributed by atoms with E-state index in [0.717, 1.165) is 17.6 Å². The Morgan fingerprint density at radius 1 is 1.30 bits per heavy atom. The van der Waals surface area contributed by atoms with Crippen molar-refractivity contribution in [2.75, 3.05) is 13.2 Å². The summed E-state index contributed by atoms with van der Waals surface area (Å²) in [4.78, 5) is 0. The van der Waals surface area contributed by atoms with Crippen LogP contribution < -0.4 is 15.5 Å². The zero-order valence-corrected chi connectivity index (χ0v) is 10.9. The maximum atomic E-state index is 12.0. The number of hydrogen-bond acceptors (Lipinski definition) is 3. The Bertz CT molecular complexity index is 739. The van der Waals surface area contributed by atoms with Crippen molar-refractivity contribution in [3.05, 3.63) is 57.5 Å². The largest absolute Gasteiger partial charge is 0.763 e. The van der Waals surface area contributed by atoms with Gasteiger partial charge in [0.1, 0.15) is 0 Å². The summed E-state index contributed by atoms with van der Waals surface area (Å²) < 4.78 is 10.8. The molecule has 0 saturated carbocycles. The lowest BCUT2D eigenvalue weighted by atomic mass is 9.98. The Morgan fingerprint density at radius 3 is 3.05 bits per heavy atom. The lowest BCUT2D eigenvalue weighted by Crippen LogP contribution is -2.28. The highest BCUT2D eigenvalue weighted by molar-refractivity contribution is 5.79. The Balaban J connectivity index is 2.24. The van der Waals surface area contributed by atoms with Crippen molar-refractivity contribution in [2.45, 2.75) is 12.8 Å². The summed E-state index contributed by atoms with van der Waals surface area (Å²) >= 11 is 0. The number of ether oxygens (including phenoxy) is 2. The lowest BCUT2D eigenvalue weighted by Gasteiger charge is -2.28. The van der Waals surface area contributed by atoms with Crippen LogP contribution in [0, 0.1) is 0 Å². The van der Waals surface area contributed by atoms with Crippen LogP contribution >= 0.6 is 0 Å². The van der Waals surface area contributed by atoms with Gasteiger partial charge in [0.05, 0.1) is 12.6 Å². The molecule has 0 radical (unpaired) electrons. The van der Waals surface area contributed by atoms with Gasteiger partial charge in [-0.1, -0.05) is 18.2 Å². The molecule has 2 aliphatic rings. The second kappa shape index (κ2) is 5.37. The van der Waals surface area contributed by atoms with Crippen molar-refractivity contribution in [1.29, 1.82) is 0 Å². The molecule has 102 valence electrons. The van der Waals surface area contributed by atoms with Gasteiger partial charge in [-0.05, 0) is 47.1 Å². The van der Waals surface area contributed by atoms with Gasteiger partial charge in [-0.3, -0.25) is 5.87 Å². The van der Waals surface area contributed by atoms with Crippen LogP contribution in [0.1, 0.15) is 18.4 Å². The topological polar surface area (TPSA) is 63.8 Å². The standard InChI is InChI=1S/C16H14NO3/c17-10-11-5-6-13-14(9-11)12-3-1-7-19-8-2-4-15(12)20-16(13)18/h1,3,5-6,9,18H,2,4,7-8H2/q-1/p-1. The molecule has 0 fully saturated rings. The molecular weight excluding hydrogens is 254 g/mol. The maximum Gasteiger partial charge on any atom is 0.0650 e. The minimum Gasteiger partial charge on any atom is -0.763 e. The van der Waals surface area contributed by atoms with Crippen LogP contribution in [0.15, 0.2) is 36.1 Å². The van der Waals surface area contributed by atoms with Gasteiger partial charge < -0.3 is 20.0 Å². The van der Waals surface area contributed by atoms with Gasteiger partial charge in [0, 0.05) is 11.8 Å². The van der Waals surface area contributed by atoms with E-state index in [0.29, 0.717) is 35.8 Å². The Labute approximate surface area is 116 Å². The molecule has 4 heteroatoms. The van der Waals surface area contributed by atoms with Gasteiger partial charge in [0.25, 0.3) is 0 Å². The van der Waals surface area contributed by atoms with Gasteiger partial charge in [-0.2, -0.15) is 0 Å². The molecule has 1 aromatic carbocycles. The third-order valence-electron chi connectivity index (χ3n) is 3.37. The summed E-state index contributed by atoms with van der Waals surface area (Å²) in [6.07, 6.45) is 5.28. The van der Waals surface area contributed by atoms with Gasteiger partial charge in [-0.25, -0.2) is 0 Å². The molecule has 20 heavy (non-hydrogen) atoms. The first-order valence-corrected chi connectivity index (χ1v) is 6.54. The average molecular weight is 267 g/mol. The van der Waals surface area contributed by atoms with Gasteiger partial charge in [-0.15, -0.1) is 0 Å². The second-order valence-electron chi connectivity index (χ2n) is 4.68. The lowest BCUT2D eigenvalue weighted by molar-refractivity contribution is -0.287. The first-order valence-electron chi connectivity index (χ1n) is 6.54. The number of allylic oxidation sites excluding steroid dienone is 3. The monoisotopic (exact) mass is 267 g/mol. The molecule has 4 nitrogen and oxygen atoms in total. The molecule has 2 heterocycles. The normalized spacial score (nSPS) is 18.1. The number of rotatable bonds is 0. The summed E-state index contributed by atoms with van der Waals surface area (Å²) in [5.41, 5.74) is 1.65. The summed E-state index contributed by atoms with van der Waals surface area (Å²) in [5, 5.41) is 22.1. The molecule has 0 amide bonds. The van der Waals surface area contributed by atoms with Gasteiger partial charge in [0.15, 0.2) is 0 Å². The quantitative estimate of drug-likeness (QED) is 0.628. The molecule has 2 aliphatic heterocycles. The minimum absolute atomic E-state index is 0.350. The first-order chi connectivity index (χ1) is 9.79. The van der Waals surface area contributed by atoms with Gasteiger partial charge >= 0.3 is 0 Å². The number of benzene rings is 1. The molecule has 0 saturated heterocycles. The highest BCUT2D eigenvalue weighted by Crippen LogP contribution is 2.27. The molecule has 0 bridgehead atoms. The fourth-order valence-corrected chi connectivity index (χ4v) is 2.41. The fraction of sp³-hybridized carbons (Fsp3) is 0.250. The second-order valence-corrected chi connectivity index (χ2v) is 4.68. The molecule has 0 atom stereocenters. The zero-order chi connectivity index (χ0) is 13.9. The van der Waals surface area contributed by atoms with Crippen LogP contribution in [-0.2, 0) is 9.47 Å². The van der Waals surface area contributed by atoms with Crippen molar-refractivity contribution in [3.8, 4) is 0 Å². The van der Waals surface area contributed by atoms with Crippen molar-refractivity contribution < 1.29 is 14.6 Å². The van der Waals surface area contributed by atoms with Crippen molar-refractivity contribution in [1.82, 2.24) is 0 Å². The first kappa shape index (κ1) is 12.7. The van der Waals surface area contributed by atoms with Crippen LogP contribution in [0.3, 0.4) is 0 Å². The third kappa shape index (κ3) is 2.27. The fourth-order valence-electron chi connectivity index (χ4n) is 2.41.